The minimum Gasteiger partial charge on any atom is -0.488 e. The molecular formula is C15H18N4OS. The van der Waals surface area contributed by atoms with Crippen LogP contribution < -0.4 is 15.4 Å². The summed E-state index contributed by atoms with van der Waals surface area (Å²) in [6.07, 6.45) is 3.05. The molecular weight excluding hydrogens is 284 g/mol. The Hall–Kier alpha value is -1.95. The van der Waals surface area contributed by atoms with Crippen LogP contribution in [0.25, 0.3) is 0 Å². The van der Waals surface area contributed by atoms with Crippen molar-refractivity contribution in [1.82, 2.24) is 9.97 Å². The smallest absolute Gasteiger partial charge is 0.191 e. The number of benzene rings is 1. The Balaban J connectivity index is 1.64. The first kappa shape index (κ1) is 14.0. The van der Waals surface area contributed by atoms with Gasteiger partial charge in [0, 0.05) is 19.5 Å². The fourth-order valence-electron chi connectivity index (χ4n) is 2.32. The molecule has 0 bridgehead atoms. The lowest BCUT2D eigenvalue weighted by Crippen LogP contribution is -2.24. The Morgan fingerprint density at radius 1 is 1.29 bits per heavy atom. The number of nitrogens with zero attached hydrogens (tertiary/aromatic N) is 2. The van der Waals surface area contributed by atoms with E-state index in [-0.39, 0.29) is 6.10 Å². The van der Waals surface area contributed by atoms with E-state index in [1.807, 2.05) is 37.6 Å². The van der Waals surface area contributed by atoms with Crippen molar-refractivity contribution < 1.29 is 4.74 Å². The van der Waals surface area contributed by atoms with Crippen molar-refractivity contribution in [3.8, 4) is 5.75 Å². The molecule has 3 rings (SSSR count). The normalized spacial score (nSPS) is 16.2. The summed E-state index contributed by atoms with van der Waals surface area (Å²) < 4.78 is 5.92. The first-order chi connectivity index (χ1) is 10.3. The largest absolute Gasteiger partial charge is 0.488 e. The van der Waals surface area contributed by atoms with Gasteiger partial charge < -0.3 is 15.4 Å². The minimum atomic E-state index is 0.146. The van der Waals surface area contributed by atoms with Crippen molar-refractivity contribution in [2.75, 3.05) is 30.5 Å². The SMILES string of the molecule is CNc1cc(NCC2Cc3ccccc3O2)nc(SC)n1. The average molecular weight is 302 g/mol. The molecule has 1 aliphatic heterocycles. The fourth-order valence-corrected chi connectivity index (χ4v) is 2.70. The number of rotatable bonds is 5. The van der Waals surface area contributed by atoms with E-state index in [1.54, 1.807) is 0 Å². The summed E-state index contributed by atoms with van der Waals surface area (Å²) in [4.78, 5) is 8.81. The van der Waals surface area contributed by atoms with Crippen LogP contribution in [-0.2, 0) is 6.42 Å². The third-order valence-corrected chi connectivity index (χ3v) is 3.92. The minimum absolute atomic E-state index is 0.146. The van der Waals surface area contributed by atoms with Crippen LogP contribution in [0, 0.1) is 0 Å². The quantitative estimate of drug-likeness (QED) is 0.654. The number of aromatic nitrogens is 2. The molecule has 0 saturated carbocycles. The highest BCUT2D eigenvalue weighted by Crippen LogP contribution is 2.28. The van der Waals surface area contributed by atoms with Crippen molar-refractivity contribution in [1.29, 1.82) is 0 Å². The maximum atomic E-state index is 5.92. The molecule has 1 aromatic heterocycles. The molecule has 2 aromatic rings. The monoisotopic (exact) mass is 302 g/mol. The molecule has 5 nitrogen and oxygen atoms in total. The zero-order chi connectivity index (χ0) is 14.7. The van der Waals surface area contributed by atoms with Crippen molar-refractivity contribution in [2.45, 2.75) is 17.7 Å². The van der Waals surface area contributed by atoms with Crippen molar-refractivity contribution in [3.63, 3.8) is 0 Å². The average Bonchev–Trinajstić information content (AvgIpc) is 2.95. The van der Waals surface area contributed by atoms with Gasteiger partial charge in [0.15, 0.2) is 5.16 Å². The number of para-hydroxylation sites is 1. The number of fused-ring (bicyclic) bond motifs is 1. The van der Waals surface area contributed by atoms with Crippen LogP contribution in [0.2, 0.25) is 0 Å². The highest BCUT2D eigenvalue weighted by atomic mass is 32.2. The Morgan fingerprint density at radius 2 is 2.10 bits per heavy atom. The number of hydrogen-bond donors (Lipinski definition) is 2. The third kappa shape index (κ3) is 3.21. The Labute approximate surface area is 128 Å². The molecule has 21 heavy (non-hydrogen) atoms. The van der Waals surface area contributed by atoms with Crippen LogP contribution in [-0.4, -0.2) is 35.9 Å². The second-order valence-electron chi connectivity index (χ2n) is 4.81. The van der Waals surface area contributed by atoms with Crippen molar-refractivity contribution in [3.05, 3.63) is 35.9 Å². The first-order valence-electron chi connectivity index (χ1n) is 6.87. The molecule has 0 fully saturated rings. The van der Waals surface area contributed by atoms with E-state index >= 15 is 0 Å². The lowest BCUT2D eigenvalue weighted by molar-refractivity contribution is 0.246. The van der Waals surface area contributed by atoms with Crippen LogP contribution in [0.3, 0.4) is 0 Å². The topological polar surface area (TPSA) is 59.1 Å². The van der Waals surface area contributed by atoms with Gasteiger partial charge in [-0.1, -0.05) is 30.0 Å². The van der Waals surface area contributed by atoms with E-state index in [4.69, 9.17) is 4.74 Å². The highest BCUT2D eigenvalue weighted by Gasteiger charge is 2.22. The van der Waals surface area contributed by atoms with Gasteiger partial charge in [-0.3, -0.25) is 0 Å². The summed E-state index contributed by atoms with van der Waals surface area (Å²) in [5.74, 6) is 2.62. The molecule has 0 spiro atoms. The molecule has 110 valence electrons. The van der Waals surface area contributed by atoms with Gasteiger partial charge in [-0.15, -0.1) is 0 Å². The second-order valence-corrected chi connectivity index (χ2v) is 5.58. The van der Waals surface area contributed by atoms with Gasteiger partial charge in [0.2, 0.25) is 0 Å². The van der Waals surface area contributed by atoms with Crippen LogP contribution in [0.15, 0.2) is 35.5 Å². The predicted octanol–water partition coefficient (Wildman–Crippen LogP) is 2.66. The fraction of sp³-hybridized carbons (Fsp3) is 0.333. The van der Waals surface area contributed by atoms with Crippen LogP contribution >= 0.6 is 11.8 Å². The molecule has 2 heterocycles. The van der Waals surface area contributed by atoms with Gasteiger partial charge in [-0.25, -0.2) is 9.97 Å². The molecule has 0 aliphatic carbocycles. The van der Waals surface area contributed by atoms with Crippen LogP contribution in [0.4, 0.5) is 11.6 Å². The summed E-state index contributed by atoms with van der Waals surface area (Å²) >= 11 is 1.53. The van der Waals surface area contributed by atoms with E-state index in [0.29, 0.717) is 0 Å². The molecule has 6 heteroatoms. The van der Waals surface area contributed by atoms with E-state index in [1.165, 1.54) is 17.3 Å². The van der Waals surface area contributed by atoms with Gasteiger partial charge in [-0.05, 0) is 17.9 Å². The van der Waals surface area contributed by atoms with E-state index in [0.717, 1.165) is 35.5 Å². The van der Waals surface area contributed by atoms with Crippen molar-refractivity contribution >= 4 is 23.4 Å². The number of nitrogens with one attached hydrogen (secondary N) is 2. The lowest BCUT2D eigenvalue weighted by Gasteiger charge is -2.13. The van der Waals surface area contributed by atoms with Gasteiger partial charge in [0.05, 0.1) is 6.54 Å². The highest BCUT2D eigenvalue weighted by molar-refractivity contribution is 7.98. The lowest BCUT2D eigenvalue weighted by atomic mass is 10.1. The number of anilines is 2. The van der Waals surface area contributed by atoms with E-state index < -0.39 is 0 Å². The number of thioether (sulfide) groups is 1. The molecule has 0 radical (unpaired) electrons. The summed E-state index contributed by atoms with van der Waals surface area (Å²) in [6, 6.07) is 10.1. The number of ether oxygens (including phenoxy) is 1. The van der Waals surface area contributed by atoms with Crippen LogP contribution in [0.1, 0.15) is 5.56 Å². The summed E-state index contributed by atoms with van der Waals surface area (Å²) in [5, 5.41) is 7.14. The third-order valence-electron chi connectivity index (χ3n) is 3.37. The summed E-state index contributed by atoms with van der Waals surface area (Å²) in [7, 11) is 1.85. The van der Waals surface area contributed by atoms with E-state index in [2.05, 4.69) is 26.7 Å². The van der Waals surface area contributed by atoms with Crippen molar-refractivity contribution in [2.24, 2.45) is 0 Å². The molecule has 1 atom stereocenters. The second kappa shape index (κ2) is 6.22. The first-order valence-corrected chi connectivity index (χ1v) is 8.10. The number of hydrogen-bond acceptors (Lipinski definition) is 6. The molecule has 1 unspecified atom stereocenters. The van der Waals surface area contributed by atoms with E-state index in [9.17, 15) is 0 Å². The zero-order valence-electron chi connectivity index (χ0n) is 12.1. The van der Waals surface area contributed by atoms with Gasteiger partial charge in [0.1, 0.15) is 23.5 Å². The Morgan fingerprint density at radius 3 is 2.86 bits per heavy atom. The molecule has 2 N–H and O–H groups in total. The summed E-state index contributed by atoms with van der Waals surface area (Å²) in [5.41, 5.74) is 1.27. The standard InChI is InChI=1S/C15H18N4OS/c1-16-13-8-14(19-15(18-13)21-2)17-9-11-7-10-5-3-4-6-12(10)20-11/h3-6,8,11H,7,9H2,1-2H3,(H2,16,17,18,19). The van der Waals surface area contributed by atoms with Gasteiger partial charge in [0.25, 0.3) is 0 Å². The maximum Gasteiger partial charge on any atom is 0.191 e. The summed E-state index contributed by atoms with van der Waals surface area (Å²) in [6.45, 7) is 0.725. The predicted molar refractivity (Wildman–Crippen MR) is 86.4 cm³/mol. The molecule has 1 aliphatic rings. The maximum absolute atomic E-state index is 5.92. The van der Waals surface area contributed by atoms with Gasteiger partial charge >= 0.3 is 0 Å². The Kier molecular flexibility index (Phi) is 4.15. The van der Waals surface area contributed by atoms with Gasteiger partial charge in [-0.2, -0.15) is 0 Å². The molecule has 0 amide bonds. The molecule has 0 saturated heterocycles. The van der Waals surface area contributed by atoms with Crippen LogP contribution in [0.5, 0.6) is 5.75 Å². The Bertz CT molecular complexity index is 588. The zero-order valence-corrected chi connectivity index (χ0v) is 12.9. The molecule has 1 aromatic carbocycles.